The molecule has 2 rings (SSSR count). The van der Waals surface area contributed by atoms with Crippen molar-refractivity contribution in [2.45, 2.75) is 12.6 Å². The zero-order chi connectivity index (χ0) is 13.8. The number of carbonyl (C=O) groups excluding carboxylic acids is 2. The van der Waals surface area contributed by atoms with Crippen LogP contribution in [0.4, 0.5) is 0 Å². The van der Waals surface area contributed by atoms with Crippen LogP contribution in [0.1, 0.15) is 15.9 Å². The highest BCUT2D eigenvalue weighted by atomic mass is 16.3. The van der Waals surface area contributed by atoms with E-state index in [9.17, 15) is 9.59 Å². The molecule has 19 heavy (non-hydrogen) atoms. The topological polar surface area (TPSA) is 89.9 Å². The Morgan fingerprint density at radius 1 is 1.42 bits per heavy atom. The molecule has 0 aromatic heterocycles. The average Bonchev–Trinajstić information content (AvgIpc) is 2.73. The maximum Gasteiger partial charge on any atom is 0.254 e. The summed E-state index contributed by atoms with van der Waals surface area (Å²) in [5.74, 6) is -0.512. The molecular weight excluding hydrogens is 248 g/mol. The van der Waals surface area contributed by atoms with E-state index in [0.717, 1.165) is 5.56 Å². The van der Waals surface area contributed by atoms with Gasteiger partial charge in [-0.05, 0) is 11.6 Å². The SMILES string of the molecule is O=C(CN1Cc2ccccc2C1=O)NCC(O)CO. The second-order valence-electron chi connectivity index (χ2n) is 4.46. The van der Waals surface area contributed by atoms with Crippen LogP contribution < -0.4 is 5.32 Å². The van der Waals surface area contributed by atoms with Gasteiger partial charge in [0.25, 0.3) is 5.91 Å². The van der Waals surface area contributed by atoms with E-state index in [1.165, 1.54) is 4.90 Å². The molecule has 1 aromatic carbocycles. The summed E-state index contributed by atoms with van der Waals surface area (Å²) in [5.41, 5.74) is 1.54. The van der Waals surface area contributed by atoms with Crippen molar-refractivity contribution in [3.8, 4) is 0 Å². The molecule has 102 valence electrons. The van der Waals surface area contributed by atoms with Gasteiger partial charge in [-0.3, -0.25) is 9.59 Å². The van der Waals surface area contributed by atoms with Crippen LogP contribution in [0.15, 0.2) is 24.3 Å². The predicted octanol–water partition coefficient (Wildman–Crippen LogP) is -0.888. The maximum atomic E-state index is 12.0. The summed E-state index contributed by atoms with van der Waals surface area (Å²) in [4.78, 5) is 25.1. The smallest absolute Gasteiger partial charge is 0.254 e. The van der Waals surface area contributed by atoms with E-state index in [4.69, 9.17) is 10.2 Å². The zero-order valence-electron chi connectivity index (χ0n) is 10.4. The van der Waals surface area contributed by atoms with Crippen molar-refractivity contribution >= 4 is 11.8 Å². The molecule has 1 unspecified atom stereocenters. The molecule has 2 amide bonds. The number of fused-ring (bicyclic) bond motifs is 1. The summed E-state index contributed by atoms with van der Waals surface area (Å²) in [6, 6.07) is 7.25. The van der Waals surface area contributed by atoms with Crippen molar-refractivity contribution in [3.05, 3.63) is 35.4 Å². The van der Waals surface area contributed by atoms with Crippen LogP contribution in [0.25, 0.3) is 0 Å². The minimum absolute atomic E-state index is 0.0235. The van der Waals surface area contributed by atoms with E-state index < -0.39 is 12.7 Å². The molecule has 1 aromatic rings. The number of nitrogens with zero attached hydrogens (tertiary/aromatic N) is 1. The first-order valence-electron chi connectivity index (χ1n) is 6.04. The van der Waals surface area contributed by atoms with Gasteiger partial charge in [0.2, 0.25) is 5.91 Å². The Morgan fingerprint density at radius 3 is 2.84 bits per heavy atom. The quantitative estimate of drug-likeness (QED) is 0.643. The molecule has 0 saturated heterocycles. The summed E-state index contributed by atoms with van der Waals surface area (Å²) in [6.07, 6.45) is -0.976. The Hall–Kier alpha value is -1.92. The van der Waals surface area contributed by atoms with Crippen molar-refractivity contribution in [1.82, 2.24) is 10.2 Å². The molecule has 6 nitrogen and oxygen atoms in total. The van der Waals surface area contributed by atoms with Gasteiger partial charge in [0.15, 0.2) is 0 Å². The third-order valence-corrected chi connectivity index (χ3v) is 2.98. The minimum Gasteiger partial charge on any atom is -0.394 e. The molecule has 1 aliphatic heterocycles. The maximum absolute atomic E-state index is 12.0. The Balaban J connectivity index is 1.89. The first kappa shape index (κ1) is 13.5. The lowest BCUT2D eigenvalue weighted by atomic mass is 10.1. The summed E-state index contributed by atoms with van der Waals surface area (Å²) in [5, 5.41) is 20.2. The van der Waals surface area contributed by atoms with Crippen LogP contribution in [-0.4, -0.2) is 52.7 Å². The molecule has 3 N–H and O–H groups in total. The van der Waals surface area contributed by atoms with Crippen LogP contribution >= 0.6 is 0 Å². The molecule has 6 heteroatoms. The van der Waals surface area contributed by atoms with E-state index in [1.54, 1.807) is 12.1 Å². The standard InChI is InChI=1S/C13H16N2O4/c16-8-10(17)5-14-12(18)7-15-6-9-3-1-2-4-11(9)13(15)19/h1-4,10,16-17H,5-8H2,(H,14,18). The first-order valence-corrected chi connectivity index (χ1v) is 6.04. The third-order valence-electron chi connectivity index (χ3n) is 2.98. The molecule has 0 saturated carbocycles. The van der Waals surface area contributed by atoms with Crippen molar-refractivity contribution in [2.75, 3.05) is 19.7 Å². The number of amides is 2. The van der Waals surface area contributed by atoms with Crippen LogP contribution in [0.3, 0.4) is 0 Å². The highest BCUT2D eigenvalue weighted by molar-refractivity contribution is 6.00. The fraction of sp³-hybridized carbons (Fsp3) is 0.385. The normalized spacial score (nSPS) is 15.3. The van der Waals surface area contributed by atoms with Gasteiger partial charge in [0, 0.05) is 18.7 Å². The Kier molecular flexibility index (Phi) is 4.13. The molecule has 1 heterocycles. The Morgan fingerprint density at radius 2 is 2.16 bits per heavy atom. The summed E-state index contributed by atoms with van der Waals surface area (Å²) < 4.78 is 0. The van der Waals surface area contributed by atoms with Gasteiger partial charge in [0.1, 0.15) is 6.54 Å². The van der Waals surface area contributed by atoms with Gasteiger partial charge < -0.3 is 20.4 Å². The lowest BCUT2D eigenvalue weighted by molar-refractivity contribution is -0.122. The summed E-state index contributed by atoms with van der Waals surface area (Å²) >= 11 is 0. The van der Waals surface area contributed by atoms with Crippen molar-refractivity contribution < 1.29 is 19.8 Å². The Bertz CT molecular complexity index is 489. The molecule has 0 aliphatic carbocycles. The first-order chi connectivity index (χ1) is 9.11. The number of rotatable bonds is 5. The van der Waals surface area contributed by atoms with Crippen LogP contribution in [0.2, 0.25) is 0 Å². The van der Waals surface area contributed by atoms with Crippen molar-refractivity contribution in [3.63, 3.8) is 0 Å². The molecule has 1 aliphatic rings. The van der Waals surface area contributed by atoms with Crippen LogP contribution in [0.5, 0.6) is 0 Å². The predicted molar refractivity (Wildman–Crippen MR) is 67.3 cm³/mol. The van der Waals surface area contributed by atoms with E-state index in [2.05, 4.69) is 5.32 Å². The lowest BCUT2D eigenvalue weighted by Crippen LogP contribution is -2.41. The van der Waals surface area contributed by atoms with Gasteiger partial charge in [0.05, 0.1) is 12.7 Å². The second kappa shape index (κ2) is 5.81. The van der Waals surface area contributed by atoms with Gasteiger partial charge in [-0.2, -0.15) is 0 Å². The monoisotopic (exact) mass is 264 g/mol. The number of hydrogen-bond acceptors (Lipinski definition) is 4. The third kappa shape index (κ3) is 3.10. The minimum atomic E-state index is -0.976. The van der Waals surface area contributed by atoms with Crippen molar-refractivity contribution in [1.29, 1.82) is 0 Å². The van der Waals surface area contributed by atoms with Crippen LogP contribution in [0, 0.1) is 0 Å². The molecule has 0 bridgehead atoms. The highest BCUT2D eigenvalue weighted by Gasteiger charge is 2.28. The Labute approximate surface area is 110 Å². The summed E-state index contributed by atoms with van der Waals surface area (Å²) in [6.45, 7) is -0.0602. The number of nitrogens with one attached hydrogen (secondary N) is 1. The van der Waals surface area contributed by atoms with Gasteiger partial charge in [-0.1, -0.05) is 18.2 Å². The largest absolute Gasteiger partial charge is 0.394 e. The molecule has 1 atom stereocenters. The van der Waals surface area contributed by atoms with E-state index >= 15 is 0 Å². The lowest BCUT2D eigenvalue weighted by Gasteiger charge is -2.16. The molecule has 0 spiro atoms. The van der Waals surface area contributed by atoms with Gasteiger partial charge in [-0.15, -0.1) is 0 Å². The number of carbonyl (C=O) groups is 2. The number of benzene rings is 1. The fourth-order valence-corrected chi connectivity index (χ4v) is 1.97. The average molecular weight is 264 g/mol. The zero-order valence-corrected chi connectivity index (χ0v) is 10.4. The number of aliphatic hydroxyl groups excluding tert-OH is 2. The summed E-state index contributed by atoms with van der Waals surface area (Å²) in [7, 11) is 0. The molecular formula is C13H16N2O4. The molecule has 0 fully saturated rings. The van der Waals surface area contributed by atoms with Crippen LogP contribution in [-0.2, 0) is 11.3 Å². The van der Waals surface area contributed by atoms with Gasteiger partial charge in [-0.25, -0.2) is 0 Å². The van der Waals surface area contributed by atoms with E-state index in [1.807, 2.05) is 12.1 Å². The second-order valence-corrected chi connectivity index (χ2v) is 4.46. The van der Waals surface area contributed by atoms with Gasteiger partial charge >= 0.3 is 0 Å². The van der Waals surface area contributed by atoms with Crippen molar-refractivity contribution in [2.24, 2.45) is 0 Å². The van der Waals surface area contributed by atoms with E-state index in [0.29, 0.717) is 12.1 Å². The highest BCUT2D eigenvalue weighted by Crippen LogP contribution is 2.21. The van der Waals surface area contributed by atoms with E-state index in [-0.39, 0.29) is 24.9 Å². The number of aliphatic hydroxyl groups is 2. The molecule has 0 radical (unpaired) electrons. The fourth-order valence-electron chi connectivity index (χ4n) is 1.97. The number of hydrogen-bond donors (Lipinski definition) is 3.